The summed E-state index contributed by atoms with van der Waals surface area (Å²) in [6.45, 7) is 7.09. The van der Waals surface area contributed by atoms with Gasteiger partial charge in [-0.15, -0.1) is 0 Å². The van der Waals surface area contributed by atoms with Crippen molar-refractivity contribution < 1.29 is 0 Å². The summed E-state index contributed by atoms with van der Waals surface area (Å²) in [5, 5.41) is 0. The van der Waals surface area contributed by atoms with Crippen LogP contribution in [0.4, 0.5) is 0 Å². The van der Waals surface area contributed by atoms with E-state index in [0.29, 0.717) is 6.17 Å². The first kappa shape index (κ1) is 9.96. The second-order valence-corrected chi connectivity index (χ2v) is 3.93. The van der Waals surface area contributed by atoms with Crippen molar-refractivity contribution in [3.63, 3.8) is 0 Å². The van der Waals surface area contributed by atoms with Crippen LogP contribution in [0.1, 0.15) is 6.92 Å². The first-order valence-electron chi connectivity index (χ1n) is 4.70. The third-order valence-electron chi connectivity index (χ3n) is 2.81. The summed E-state index contributed by atoms with van der Waals surface area (Å²) in [5.41, 5.74) is 0. The van der Waals surface area contributed by atoms with Gasteiger partial charge >= 0.3 is 0 Å². The van der Waals surface area contributed by atoms with Crippen molar-refractivity contribution in [2.24, 2.45) is 0 Å². The Morgan fingerprint density at radius 2 is 1.58 bits per heavy atom. The topological polar surface area (TPSA) is 9.72 Å². The lowest BCUT2D eigenvalue weighted by Crippen LogP contribution is -2.52. The number of piperazine rings is 1. The van der Waals surface area contributed by atoms with Crippen LogP contribution in [-0.2, 0) is 0 Å². The first-order valence-corrected chi connectivity index (χ1v) is 4.70. The molecule has 0 aromatic carbocycles. The van der Waals surface area contributed by atoms with Gasteiger partial charge in [0.15, 0.2) is 0 Å². The predicted molar refractivity (Wildman–Crippen MR) is 52.2 cm³/mol. The fourth-order valence-electron chi connectivity index (χ4n) is 1.52. The molecule has 0 saturated carbocycles. The van der Waals surface area contributed by atoms with Crippen molar-refractivity contribution in [3.05, 3.63) is 0 Å². The summed E-state index contributed by atoms with van der Waals surface area (Å²) in [5.74, 6) is 0. The Hall–Kier alpha value is -0.120. The van der Waals surface area contributed by atoms with Gasteiger partial charge in [0.05, 0.1) is 6.17 Å². The number of rotatable bonds is 2. The Bertz CT molecular complexity index is 128. The molecule has 3 heteroatoms. The third-order valence-corrected chi connectivity index (χ3v) is 2.81. The smallest absolute Gasteiger partial charge is 0.0589 e. The Kier molecular flexibility index (Phi) is 3.50. The molecule has 3 nitrogen and oxygen atoms in total. The van der Waals surface area contributed by atoms with Gasteiger partial charge in [-0.2, -0.15) is 0 Å². The van der Waals surface area contributed by atoms with Crippen LogP contribution in [-0.4, -0.2) is 68.2 Å². The quantitative estimate of drug-likeness (QED) is 0.585. The van der Waals surface area contributed by atoms with E-state index in [1.807, 2.05) is 0 Å². The highest BCUT2D eigenvalue weighted by atomic mass is 15.4. The molecule has 0 amide bonds. The molecule has 1 atom stereocenters. The molecule has 0 spiro atoms. The minimum atomic E-state index is 0.582. The molecular weight excluding hydrogens is 150 g/mol. The van der Waals surface area contributed by atoms with E-state index in [4.69, 9.17) is 0 Å². The van der Waals surface area contributed by atoms with E-state index in [1.54, 1.807) is 0 Å². The van der Waals surface area contributed by atoms with Crippen LogP contribution in [0.3, 0.4) is 0 Å². The van der Waals surface area contributed by atoms with Crippen LogP contribution in [0, 0.1) is 0 Å². The van der Waals surface area contributed by atoms with E-state index < -0.39 is 0 Å². The van der Waals surface area contributed by atoms with Gasteiger partial charge < -0.3 is 4.90 Å². The van der Waals surface area contributed by atoms with Gasteiger partial charge in [0.1, 0.15) is 0 Å². The molecule has 1 rings (SSSR count). The summed E-state index contributed by atoms with van der Waals surface area (Å²) in [7, 11) is 6.48. The van der Waals surface area contributed by atoms with Crippen LogP contribution in [0.25, 0.3) is 0 Å². The molecule has 1 heterocycles. The highest BCUT2D eigenvalue weighted by molar-refractivity contribution is 4.72. The first-order chi connectivity index (χ1) is 5.61. The predicted octanol–water partition coefficient (Wildman–Crippen LogP) is 0.141. The molecule has 1 aliphatic heterocycles. The van der Waals surface area contributed by atoms with E-state index >= 15 is 0 Å². The van der Waals surface area contributed by atoms with Crippen LogP contribution in [0.5, 0.6) is 0 Å². The second-order valence-electron chi connectivity index (χ2n) is 3.93. The Morgan fingerprint density at radius 1 is 1.08 bits per heavy atom. The summed E-state index contributed by atoms with van der Waals surface area (Å²) < 4.78 is 0. The monoisotopic (exact) mass is 171 g/mol. The average molecular weight is 171 g/mol. The lowest BCUT2D eigenvalue weighted by atomic mass is 10.3. The highest BCUT2D eigenvalue weighted by Crippen LogP contribution is 2.05. The van der Waals surface area contributed by atoms with Gasteiger partial charge in [0, 0.05) is 26.2 Å². The molecule has 12 heavy (non-hydrogen) atoms. The molecule has 0 aliphatic carbocycles. The normalized spacial score (nSPS) is 24.8. The molecule has 1 aliphatic rings. The van der Waals surface area contributed by atoms with Crippen molar-refractivity contribution >= 4 is 0 Å². The highest BCUT2D eigenvalue weighted by Gasteiger charge is 2.19. The fourth-order valence-corrected chi connectivity index (χ4v) is 1.52. The zero-order valence-corrected chi connectivity index (χ0v) is 8.75. The number of hydrogen-bond donors (Lipinski definition) is 0. The fraction of sp³-hybridized carbons (Fsp3) is 1.00. The zero-order chi connectivity index (χ0) is 9.14. The van der Waals surface area contributed by atoms with Gasteiger partial charge in [0.25, 0.3) is 0 Å². The SMILES string of the molecule is CC(N(C)C)N1CCN(C)CC1. The van der Waals surface area contributed by atoms with Gasteiger partial charge in [-0.3, -0.25) is 9.80 Å². The summed E-state index contributed by atoms with van der Waals surface area (Å²) in [4.78, 5) is 7.18. The Labute approximate surface area is 75.9 Å². The maximum Gasteiger partial charge on any atom is 0.0589 e. The lowest BCUT2D eigenvalue weighted by molar-refractivity contribution is 0.0499. The zero-order valence-electron chi connectivity index (χ0n) is 8.75. The summed E-state index contributed by atoms with van der Waals surface area (Å²) in [6, 6.07) is 0. The molecule has 0 aromatic heterocycles. The number of nitrogens with zero attached hydrogens (tertiary/aromatic N) is 3. The van der Waals surface area contributed by atoms with E-state index in [1.165, 1.54) is 26.2 Å². The van der Waals surface area contributed by atoms with Crippen molar-refractivity contribution in [1.82, 2.24) is 14.7 Å². The van der Waals surface area contributed by atoms with Crippen molar-refractivity contribution in [2.45, 2.75) is 13.1 Å². The largest absolute Gasteiger partial charge is 0.304 e. The van der Waals surface area contributed by atoms with Gasteiger partial charge in [0.2, 0.25) is 0 Å². The second kappa shape index (κ2) is 4.21. The van der Waals surface area contributed by atoms with Crippen molar-refractivity contribution in [2.75, 3.05) is 47.3 Å². The van der Waals surface area contributed by atoms with Gasteiger partial charge in [-0.05, 0) is 28.1 Å². The van der Waals surface area contributed by atoms with E-state index in [9.17, 15) is 0 Å². The Morgan fingerprint density at radius 3 is 2.00 bits per heavy atom. The average Bonchev–Trinajstić information content (AvgIpc) is 2.04. The molecule has 1 saturated heterocycles. The van der Waals surface area contributed by atoms with Crippen molar-refractivity contribution in [1.29, 1.82) is 0 Å². The van der Waals surface area contributed by atoms with Crippen LogP contribution in [0.15, 0.2) is 0 Å². The molecule has 1 fully saturated rings. The summed E-state index contributed by atoms with van der Waals surface area (Å²) in [6.07, 6.45) is 0.582. The molecule has 0 bridgehead atoms. The molecule has 0 radical (unpaired) electrons. The minimum absolute atomic E-state index is 0.582. The molecule has 0 N–H and O–H groups in total. The Balaban J connectivity index is 2.34. The molecule has 72 valence electrons. The maximum atomic E-state index is 2.53. The van der Waals surface area contributed by atoms with E-state index in [-0.39, 0.29) is 0 Å². The number of likely N-dealkylation sites (N-methyl/N-ethyl adjacent to an activating group) is 1. The van der Waals surface area contributed by atoms with Crippen LogP contribution >= 0.6 is 0 Å². The van der Waals surface area contributed by atoms with E-state index in [2.05, 4.69) is 42.8 Å². The lowest BCUT2D eigenvalue weighted by Gasteiger charge is -2.39. The van der Waals surface area contributed by atoms with Gasteiger partial charge in [-0.25, -0.2) is 0 Å². The standard InChI is InChI=1S/C9H21N3/c1-9(10(2)3)12-7-5-11(4)6-8-12/h9H,5-8H2,1-4H3. The van der Waals surface area contributed by atoms with Crippen molar-refractivity contribution in [3.8, 4) is 0 Å². The minimum Gasteiger partial charge on any atom is -0.304 e. The van der Waals surface area contributed by atoms with E-state index in [0.717, 1.165) is 0 Å². The van der Waals surface area contributed by atoms with Crippen LogP contribution in [0.2, 0.25) is 0 Å². The summed E-state index contributed by atoms with van der Waals surface area (Å²) >= 11 is 0. The molecule has 0 aromatic rings. The third kappa shape index (κ3) is 2.44. The van der Waals surface area contributed by atoms with Gasteiger partial charge in [-0.1, -0.05) is 0 Å². The maximum absolute atomic E-state index is 2.53. The molecule has 1 unspecified atom stereocenters. The molecular formula is C9H21N3. The number of hydrogen-bond acceptors (Lipinski definition) is 3. The van der Waals surface area contributed by atoms with Crippen LogP contribution < -0.4 is 0 Å².